The van der Waals surface area contributed by atoms with Crippen LogP contribution in [0.3, 0.4) is 0 Å². The van der Waals surface area contributed by atoms with E-state index >= 15 is 0 Å². The molecule has 0 atom stereocenters. The molecular formula is C30H33NO3. The Kier molecular flexibility index (Phi) is 5.37. The average molecular weight is 456 g/mol. The summed E-state index contributed by atoms with van der Waals surface area (Å²) >= 11 is 0. The van der Waals surface area contributed by atoms with Crippen molar-refractivity contribution in [2.24, 2.45) is 23.5 Å². The number of carboxylic acids is 1. The summed E-state index contributed by atoms with van der Waals surface area (Å²) in [6.45, 7) is 1.31. The molecule has 4 heteroatoms. The first-order valence-corrected chi connectivity index (χ1v) is 12.8. The van der Waals surface area contributed by atoms with Gasteiger partial charge in [-0.05, 0) is 127 Å². The number of fused-ring (bicyclic) bond motifs is 1. The van der Waals surface area contributed by atoms with Crippen molar-refractivity contribution in [2.75, 3.05) is 13.2 Å². The fraction of sp³-hybridized carbons (Fsp3) is 0.433. The largest absolute Gasteiger partial charge is 0.493 e. The van der Waals surface area contributed by atoms with E-state index in [-0.39, 0.29) is 5.41 Å². The van der Waals surface area contributed by atoms with Crippen LogP contribution in [0.1, 0.15) is 60.9 Å². The van der Waals surface area contributed by atoms with Crippen LogP contribution < -0.4 is 10.5 Å². The van der Waals surface area contributed by atoms with E-state index in [9.17, 15) is 9.90 Å². The number of carbonyl (C=O) groups is 1. The first-order chi connectivity index (χ1) is 16.5. The summed E-state index contributed by atoms with van der Waals surface area (Å²) in [5, 5.41) is 11.3. The minimum atomic E-state index is -0.892. The molecule has 4 aliphatic carbocycles. The zero-order valence-electron chi connectivity index (χ0n) is 19.6. The van der Waals surface area contributed by atoms with Gasteiger partial charge in [0.2, 0.25) is 0 Å². The quantitative estimate of drug-likeness (QED) is 0.404. The molecule has 0 amide bonds. The van der Waals surface area contributed by atoms with Crippen molar-refractivity contribution in [1.82, 2.24) is 0 Å². The number of hydrogen-bond acceptors (Lipinski definition) is 3. The van der Waals surface area contributed by atoms with Gasteiger partial charge in [-0.3, -0.25) is 0 Å². The number of benzene rings is 3. The van der Waals surface area contributed by atoms with Crippen molar-refractivity contribution in [2.45, 2.75) is 50.4 Å². The lowest BCUT2D eigenvalue weighted by molar-refractivity contribution is -0.00636. The Hall–Kier alpha value is -2.85. The van der Waals surface area contributed by atoms with E-state index in [0.717, 1.165) is 46.3 Å². The van der Waals surface area contributed by atoms with Crippen LogP contribution in [0.25, 0.3) is 21.9 Å². The molecule has 0 radical (unpaired) electrons. The zero-order chi connectivity index (χ0) is 23.3. The first kappa shape index (κ1) is 21.7. The average Bonchev–Trinajstić information content (AvgIpc) is 2.83. The van der Waals surface area contributed by atoms with E-state index in [1.807, 2.05) is 12.1 Å². The Morgan fingerprint density at radius 3 is 2.18 bits per heavy atom. The second-order valence-corrected chi connectivity index (χ2v) is 11.0. The molecule has 176 valence electrons. The number of carboxylic acid groups (broad SMARTS) is 1. The Bertz CT molecular complexity index is 1210. The van der Waals surface area contributed by atoms with Crippen molar-refractivity contribution < 1.29 is 14.6 Å². The van der Waals surface area contributed by atoms with Crippen molar-refractivity contribution in [3.63, 3.8) is 0 Å². The summed E-state index contributed by atoms with van der Waals surface area (Å²) in [5.41, 5.74) is 10.1. The van der Waals surface area contributed by atoms with E-state index < -0.39 is 5.97 Å². The van der Waals surface area contributed by atoms with Crippen molar-refractivity contribution >= 4 is 16.7 Å². The van der Waals surface area contributed by atoms with Crippen LogP contribution in [0, 0.1) is 17.8 Å². The minimum Gasteiger partial charge on any atom is -0.493 e. The highest BCUT2D eigenvalue weighted by Crippen LogP contribution is 2.62. The molecule has 4 bridgehead atoms. The lowest BCUT2D eigenvalue weighted by atomic mass is 9.48. The molecule has 4 fully saturated rings. The van der Waals surface area contributed by atoms with Crippen LogP contribution in [-0.2, 0) is 5.41 Å². The summed E-state index contributed by atoms with van der Waals surface area (Å²) in [5.74, 6) is 2.77. The van der Waals surface area contributed by atoms with Gasteiger partial charge in [0.15, 0.2) is 0 Å². The molecule has 0 aromatic heterocycles. The van der Waals surface area contributed by atoms with Gasteiger partial charge < -0.3 is 15.6 Å². The van der Waals surface area contributed by atoms with Gasteiger partial charge in [-0.1, -0.05) is 24.3 Å². The van der Waals surface area contributed by atoms with Gasteiger partial charge in [0.05, 0.1) is 12.2 Å². The fourth-order valence-corrected chi connectivity index (χ4v) is 7.51. The van der Waals surface area contributed by atoms with Crippen LogP contribution in [0.2, 0.25) is 0 Å². The number of ether oxygens (including phenoxy) is 1. The molecule has 3 N–H and O–H groups in total. The molecule has 0 aliphatic heterocycles. The molecule has 0 unspecified atom stereocenters. The maximum Gasteiger partial charge on any atom is 0.335 e. The van der Waals surface area contributed by atoms with E-state index in [1.165, 1.54) is 49.7 Å². The van der Waals surface area contributed by atoms with E-state index in [4.69, 9.17) is 10.5 Å². The lowest BCUT2D eigenvalue weighted by Gasteiger charge is -2.57. The highest BCUT2D eigenvalue weighted by atomic mass is 16.5. The van der Waals surface area contributed by atoms with Crippen LogP contribution in [0.4, 0.5) is 0 Å². The number of hydrogen-bond donors (Lipinski definition) is 2. The number of nitrogens with two attached hydrogens (primary N) is 1. The van der Waals surface area contributed by atoms with Crippen LogP contribution in [0.15, 0.2) is 54.6 Å². The molecule has 7 rings (SSSR count). The molecule has 4 saturated carbocycles. The van der Waals surface area contributed by atoms with Gasteiger partial charge in [-0.2, -0.15) is 0 Å². The predicted octanol–water partition coefficient (Wildman–Crippen LogP) is 6.40. The molecule has 0 saturated heterocycles. The summed E-state index contributed by atoms with van der Waals surface area (Å²) < 4.78 is 6.33. The Labute approximate surface area is 201 Å². The third-order valence-electron chi connectivity index (χ3n) is 8.62. The second-order valence-electron chi connectivity index (χ2n) is 11.0. The summed E-state index contributed by atoms with van der Waals surface area (Å²) in [7, 11) is 0. The normalized spacial score (nSPS) is 27.3. The molecular weight excluding hydrogens is 422 g/mol. The van der Waals surface area contributed by atoms with Crippen molar-refractivity contribution in [3.8, 4) is 16.9 Å². The summed E-state index contributed by atoms with van der Waals surface area (Å²) in [6, 6.07) is 18.4. The van der Waals surface area contributed by atoms with Crippen LogP contribution in [0.5, 0.6) is 5.75 Å². The SMILES string of the molecule is NCCCOc1ccc(-c2ccc3cc(C(=O)O)ccc3c2)cc1C12CC3CC(CC(C3)C1)C2. The van der Waals surface area contributed by atoms with Crippen LogP contribution >= 0.6 is 0 Å². The maximum atomic E-state index is 11.3. The third-order valence-corrected chi connectivity index (χ3v) is 8.62. The van der Waals surface area contributed by atoms with E-state index in [1.54, 1.807) is 12.1 Å². The fourth-order valence-electron chi connectivity index (χ4n) is 7.51. The van der Waals surface area contributed by atoms with Gasteiger partial charge >= 0.3 is 5.97 Å². The van der Waals surface area contributed by atoms with Gasteiger partial charge in [-0.25, -0.2) is 4.79 Å². The number of aromatic carboxylic acids is 1. The molecule has 3 aromatic carbocycles. The standard InChI is InChI=1S/C30H33NO3/c31-8-1-9-34-28-7-6-25(23-2-3-24-14-26(29(32)33)5-4-22(24)13-23)15-27(28)30-16-19-10-20(17-30)12-21(11-19)18-30/h2-7,13-15,19-21H,1,8-12,16-18,31H2,(H,32,33). The highest BCUT2D eigenvalue weighted by Gasteiger charge is 2.52. The molecule has 4 aliphatic rings. The van der Waals surface area contributed by atoms with Gasteiger partial charge in [0, 0.05) is 5.56 Å². The zero-order valence-corrected chi connectivity index (χ0v) is 19.6. The molecule has 4 nitrogen and oxygen atoms in total. The van der Waals surface area contributed by atoms with Gasteiger partial charge in [0.1, 0.15) is 5.75 Å². The smallest absolute Gasteiger partial charge is 0.335 e. The minimum absolute atomic E-state index is 0.246. The summed E-state index contributed by atoms with van der Waals surface area (Å²) in [6.07, 6.45) is 9.02. The van der Waals surface area contributed by atoms with Crippen molar-refractivity contribution in [3.05, 3.63) is 65.7 Å². The molecule has 0 heterocycles. The van der Waals surface area contributed by atoms with E-state index in [0.29, 0.717) is 18.7 Å². The first-order valence-electron chi connectivity index (χ1n) is 12.8. The van der Waals surface area contributed by atoms with E-state index in [2.05, 4.69) is 30.3 Å². The Balaban J connectivity index is 1.41. The Morgan fingerprint density at radius 1 is 0.882 bits per heavy atom. The lowest BCUT2D eigenvalue weighted by Crippen LogP contribution is -2.48. The number of rotatable bonds is 7. The molecule has 34 heavy (non-hydrogen) atoms. The summed E-state index contributed by atoms with van der Waals surface area (Å²) in [4.78, 5) is 11.3. The van der Waals surface area contributed by atoms with Gasteiger partial charge in [-0.15, -0.1) is 0 Å². The predicted molar refractivity (Wildman–Crippen MR) is 135 cm³/mol. The monoisotopic (exact) mass is 455 g/mol. The van der Waals surface area contributed by atoms with Gasteiger partial charge in [0.25, 0.3) is 0 Å². The molecule has 0 spiro atoms. The Morgan fingerprint density at radius 2 is 1.50 bits per heavy atom. The highest BCUT2D eigenvalue weighted by molar-refractivity contribution is 5.95. The van der Waals surface area contributed by atoms with Crippen molar-refractivity contribution in [1.29, 1.82) is 0 Å². The molecule has 3 aromatic rings. The third kappa shape index (κ3) is 3.78. The maximum absolute atomic E-state index is 11.3. The second kappa shape index (κ2) is 8.42. The topological polar surface area (TPSA) is 72.5 Å². The van der Waals surface area contributed by atoms with Crippen LogP contribution in [-0.4, -0.2) is 24.2 Å².